The maximum atomic E-state index is 5.15. The summed E-state index contributed by atoms with van der Waals surface area (Å²) in [7, 11) is 1.75. The van der Waals surface area contributed by atoms with Crippen molar-refractivity contribution in [1.82, 2.24) is 0 Å². The van der Waals surface area contributed by atoms with E-state index in [0.29, 0.717) is 6.61 Å². The highest BCUT2D eigenvalue weighted by atomic mass is 16.5. The normalized spacial score (nSPS) is 24.6. The lowest BCUT2D eigenvalue weighted by Gasteiger charge is -2.27. The minimum Gasteiger partial charge on any atom is -0.380 e. The van der Waals surface area contributed by atoms with Crippen molar-refractivity contribution in [2.75, 3.05) is 7.11 Å². The summed E-state index contributed by atoms with van der Waals surface area (Å²) in [5, 5.41) is 0. The fraction of sp³-hybridized carbons (Fsp3) is 0.529. The minimum atomic E-state index is 0.717. The highest BCUT2D eigenvalue weighted by molar-refractivity contribution is 5.25. The van der Waals surface area contributed by atoms with Gasteiger partial charge < -0.3 is 4.74 Å². The second-order valence-electron chi connectivity index (χ2n) is 5.31. The SMILES string of the molecule is C/C=C\C1CCC(c2ccc(COC)cc2)CC1. The van der Waals surface area contributed by atoms with E-state index in [4.69, 9.17) is 4.74 Å². The van der Waals surface area contributed by atoms with Crippen molar-refractivity contribution in [2.45, 2.75) is 45.1 Å². The number of hydrogen-bond donors (Lipinski definition) is 0. The van der Waals surface area contributed by atoms with E-state index in [1.165, 1.54) is 36.8 Å². The third-order valence-electron chi connectivity index (χ3n) is 4.00. The fourth-order valence-corrected chi connectivity index (χ4v) is 2.97. The summed E-state index contributed by atoms with van der Waals surface area (Å²) >= 11 is 0. The molecule has 1 fully saturated rings. The van der Waals surface area contributed by atoms with E-state index in [1.54, 1.807) is 7.11 Å². The largest absolute Gasteiger partial charge is 0.380 e. The average Bonchev–Trinajstić information content (AvgIpc) is 2.41. The molecule has 0 aliphatic heterocycles. The van der Waals surface area contributed by atoms with Crippen molar-refractivity contribution in [2.24, 2.45) is 5.92 Å². The van der Waals surface area contributed by atoms with E-state index in [-0.39, 0.29) is 0 Å². The summed E-state index contributed by atoms with van der Waals surface area (Å²) in [5.41, 5.74) is 2.78. The Morgan fingerprint density at radius 1 is 1.11 bits per heavy atom. The molecule has 98 valence electrons. The Morgan fingerprint density at radius 3 is 2.33 bits per heavy atom. The quantitative estimate of drug-likeness (QED) is 0.699. The second-order valence-corrected chi connectivity index (χ2v) is 5.31. The summed E-state index contributed by atoms with van der Waals surface area (Å²) in [5.74, 6) is 1.59. The van der Waals surface area contributed by atoms with Crippen LogP contribution in [0.15, 0.2) is 36.4 Å². The monoisotopic (exact) mass is 244 g/mol. The molecule has 0 unspecified atom stereocenters. The molecular weight excluding hydrogens is 220 g/mol. The van der Waals surface area contributed by atoms with Gasteiger partial charge in [-0.2, -0.15) is 0 Å². The lowest BCUT2D eigenvalue weighted by Crippen LogP contribution is -2.11. The van der Waals surface area contributed by atoms with Crippen LogP contribution in [0.4, 0.5) is 0 Å². The highest BCUT2D eigenvalue weighted by Gasteiger charge is 2.20. The van der Waals surface area contributed by atoms with Crippen LogP contribution in [-0.2, 0) is 11.3 Å². The molecular formula is C17H24O. The van der Waals surface area contributed by atoms with Gasteiger partial charge in [0, 0.05) is 7.11 Å². The second kappa shape index (κ2) is 6.75. The summed E-state index contributed by atoms with van der Waals surface area (Å²) in [6, 6.07) is 8.98. The highest BCUT2D eigenvalue weighted by Crippen LogP contribution is 2.36. The molecule has 1 aliphatic rings. The van der Waals surface area contributed by atoms with Gasteiger partial charge in [0.25, 0.3) is 0 Å². The molecule has 1 aromatic carbocycles. The van der Waals surface area contributed by atoms with Crippen molar-refractivity contribution in [3.8, 4) is 0 Å². The Morgan fingerprint density at radius 2 is 1.78 bits per heavy atom. The molecule has 0 bridgehead atoms. The number of allylic oxidation sites excluding steroid dienone is 2. The van der Waals surface area contributed by atoms with Gasteiger partial charge >= 0.3 is 0 Å². The topological polar surface area (TPSA) is 9.23 Å². The van der Waals surface area contributed by atoms with Crippen molar-refractivity contribution >= 4 is 0 Å². The van der Waals surface area contributed by atoms with Crippen molar-refractivity contribution in [3.05, 3.63) is 47.5 Å². The van der Waals surface area contributed by atoms with Gasteiger partial charge in [0.05, 0.1) is 6.61 Å². The standard InChI is InChI=1S/C17H24O/c1-3-4-14-5-9-16(10-6-14)17-11-7-15(8-12-17)13-18-2/h3-4,7-8,11-12,14,16H,5-6,9-10,13H2,1-2H3/b4-3-. The van der Waals surface area contributed by atoms with Crippen LogP contribution < -0.4 is 0 Å². The van der Waals surface area contributed by atoms with Crippen LogP contribution in [0.2, 0.25) is 0 Å². The maximum Gasteiger partial charge on any atom is 0.0713 e. The predicted octanol–water partition coefficient (Wildman–Crippen LogP) is 4.68. The minimum absolute atomic E-state index is 0.717. The fourth-order valence-electron chi connectivity index (χ4n) is 2.97. The van der Waals surface area contributed by atoms with Crippen LogP contribution in [0.1, 0.15) is 49.7 Å². The summed E-state index contributed by atoms with van der Waals surface area (Å²) in [6.07, 6.45) is 9.92. The van der Waals surface area contributed by atoms with E-state index >= 15 is 0 Å². The van der Waals surface area contributed by atoms with Crippen LogP contribution in [-0.4, -0.2) is 7.11 Å². The Kier molecular flexibility index (Phi) is 5.00. The number of methoxy groups -OCH3 is 1. The molecule has 0 N–H and O–H groups in total. The summed E-state index contributed by atoms with van der Waals surface area (Å²) in [6.45, 7) is 2.84. The third kappa shape index (κ3) is 3.46. The summed E-state index contributed by atoms with van der Waals surface area (Å²) in [4.78, 5) is 0. The molecule has 1 aliphatic carbocycles. The Labute approximate surface area is 111 Å². The van der Waals surface area contributed by atoms with Gasteiger partial charge in [-0.25, -0.2) is 0 Å². The van der Waals surface area contributed by atoms with Gasteiger partial charge in [-0.1, -0.05) is 36.4 Å². The molecule has 2 rings (SSSR count). The molecule has 0 amide bonds. The van der Waals surface area contributed by atoms with Gasteiger partial charge in [0.1, 0.15) is 0 Å². The molecule has 0 saturated heterocycles. The van der Waals surface area contributed by atoms with Crippen LogP contribution >= 0.6 is 0 Å². The Balaban J connectivity index is 1.92. The molecule has 0 heterocycles. The molecule has 0 spiro atoms. The zero-order valence-electron chi connectivity index (χ0n) is 11.6. The lowest BCUT2D eigenvalue weighted by molar-refractivity contribution is 0.185. The average molecular weight is 244 g/mol. The molecule has 0 atom stereocenters. The van der Waals surface area contributed by atoms with Crippen LogP contribution in [0.5, 0.6) is 0 Å². The van der Waals surface area contributed by atoms with E-state index in [0.717, 1.165) is 11.8 Å². The molecule has 0 aromatic heterocycles. The smallest absolute Gasteiger partial charge is 0.0713 e. The van der Waals surface area contributed by atoms with E-state index in [2.05, 4.69) is 43.3 Å². The zero-order valence-corrected chi connectivity index (χ0v) is 11.6. The van der Waals surface area contributed by atoms with Crippen molar-refractivity contribution in [1.29, 1.82) is 0 Å². The van der Waals surface area contributed by atoms with Gasteiger partial charge in [-0.15, -0.1) is 0 Å². The maximum absolute atomic E-state index is 5.15. The van der Waals surface area contributed by atoms with Crippen LogP contribution in [0, 0.1) is 5.92 Å². The van der Waals surface area contributed by atoms with Gasteiger partial charge in [0.2, 0.25) is 0 Å². The molecule has 18 heavy (non-hydrogen) atoms. The number of rotatable bonds is 4. The lowest BCUT2D eigenvalue weighted by atomic mass is 9.78. The molecule has 1 aromatic rings. The number of hydrogen-bond acceptors (Lipinski definition) is 1. The first kappa shape index (κ1) is 13.4. The van der Waals surface area contributed by atoms with Crippen LogP contribution in [0.25, 0.3) is 0 Å². The van der Waals surface area contributed by atoms with Gasteiger partial charge in [-0.3, -0.25) is 0 Å². The van der Waals surface area contributed by atoms with Gasteiger partial charge in [0.15, 0.2) is 0 Å². The number of benzene rings is 1. The first-order valence-corrected chi connectivity index (χ1v) is 7.04. The van der Waals surface area contributed by atoms with E-state index < -0.39 is 0 Å². The van der Waals surface area contributed by atoms with E-state index in [9.17, 15) is 0 Å². The molecule has 1 saturated carbocycles. The Hall–Kier alpha value is -1.08. The van der Waals surface area contributed by atoms with Gasteiger partial charge in [-0.05, 0) is 55.6 Å². The van der Waals surface area contributed by atoms with E-state index in [1.807, 2.05) is 0 Å². The van der Waals surface area contributed by atoms with Crippen LogP contribution in [0.3, 0.4) is 0 Å². The van der Waals surface area contributed by atoms with Crippen molar-refractivity contribution in [3.63, 3.8) is 0 Å². The Bertz CT molecular complexity index is 369. The molecule has 1 nitrogen and oxygen atoms in total. The molecule has 1 heteroatoms. The first-order valence-electron chi connectivity index (χ1n) is 7.04. The van der Waals surface area contributed by atoms with Crippen molar-refractivity contribution < 1.29 is 4.74 Å². The summed E-state index contributed by atoms with van der Waals surface area (Å²) < 4.78 is 5.15. The third-order valence-corrected chi connectivity index (χ3v) is 4.00. The molecule has 0 radical (unpaired) electrons. The zero-order chi connectivity index (χ0) is 12.8. The first-order chi connectivity index (χ1) is 8.83. The predicted molar refractivity (Wildman–Crippen MR) is 76.7 cm³/mol. The number of ether oxygens (including phenoxy) is 1.